The molecular weight excluding hydrogens is 200 g/mol. The Labute approximate surface area is 94.3 Å². The fraction of sp³-hybridized carbons (Fsp3) is 0.154. The molecule has 0 aliphatic heterocycles. The van der Waals surface area contributed by atoms with Gasteiger partial charge in [-0.3, -0.25) is 4.79 Å². The lowest BCUT2D eigenvalue weighted by molar-refractivity contribution is 0.100. The summed E-state index contributed by atoms with van der Waals surface area (Å²) in [7, 11) is 0. The van der Waals surface area contributed by atoms with E-state index in [4.69, 9.17) is 5.73 Å². The molecule has 1 amide bonds. The largest absolute Gasteiger partial charge is 0.366 e. The molecule has 0 radical (unpaired) electrons. The van der Waals surface area contributed by atoms with Crippen LogP contribution in [0.2, 0.25) is 0 Å². The number of benzene rings is 1. The van der Waals surface area contributed by atoms with Crippen LogP contribution in [0, 0.1) is 13.8 Å². The van der Waals surface area contributed by atoms with Crippen LogP contribution < -0.4 is 5.73 Å². The second-order valence-corrected chi connectivity index (χ2v) is 3.86. The van der Waals surface area contributed by atoms with Crippen LogP contribution in [0.4, 0.5) is 0 Å². The van der Waals surface area contributed by atoms with Gasteiger partial charge in [-0.05, 0) is 19.4 Å². The quantitative estimate of drug-likeness (QED) is 0.792. The number of carbonyl (C=O) groups excluding carboxylic acids is 1. The van der Waals surface area contributed by atoms with Gasteiger partial charge in [-0.15, -0.1) is 0 Å². The molecule has 16 heavy (non-hydrogen) atoms. The number of nitrogens with one attached hydrogen (secondary N) is 1. The van der Waals surface area contributed by atoms with Gasteiger partial charge in [0.25, 0.3) is 5.91 Å². The van der Waals surface area contributed by atoms with Gasteiger partial charge in [0.15, 0.2) is 0 Å². The highest BCUT2D eigenvalue weighted by atomic mass is 16.1. The number of hydrogen-bond acceptors (Lipinski definition) is 1. The highest BCUT2D eigenvalue weighted by molar-refractivity contribution is 6.01. The Kier molecular flexibility index (Phi) is 2.52. The number of hydrogen-bond donors (Lipinski definition) is 2. The highest BCUT2D eigenvalue weighted by Gasteiger charge is 2.17. The smallest absolute Gasteiger partial charge is 0.251 e. The summed E-state index contributed by atoms with van der Waals surface area (Å²) < 4.78 is 0. The zero-order valence-electron chi connectivity index (χ0n) is 9.37. The number of carbonyl (C=O) groups is 1. The van der Waals surface area contributed by atoms with E-state index in [1.807, 2.05) is 44.2 Å². The Morgan fingerprint density at radius 2 is 1.75 bits per heavy atom. The Balaban J connectivity index is 2.69. The number of primary amides is 1. The average molecular weight is 214 g/mol. The SMILES string of the molecule is Cc1[nH]c(C)c(-c2ccccc2)c1C(N)=O. The molecule has 0 atom stereocenters. The summed E-state index contributed by atoms with van der Waals surface area (Å²) in [5, 5.41) is 0. The third-order valence-electron chi connectivity index (χ3n) is 2.68. The molecule has 0 unspecified atom stereocenters. The van der Waals surface area contributed by atoms with Crippen molar-refractivity contribution in [2.24, 2.45) is 5.73 Å². The van der Waals surface area contributed by atoms with Crippen LogP contribution in [0.5, 0.6) is 0 Å². The maximum atomic E-state index is 11.4. The molecule has 3 nitrogen and oxygen atoms in total. The molecule has 0 spiro atoms. The predicted octanol–water partition coefficient (Wildman–Crippen LogP) is 2.40. The normalized spacial score (nSPS) is 10.4. The van der Waals surface area contributed by atoms with E-state index in [0.717, 1.165) is 22.5 Å². The summed E-state index contributed by atoms with van der Waals surface area (Å²) in [5.41, 5.74) is 9.71. The van der Waals surface area contributed by atoms with E-state index >= 15 is 0 Å². The lowest BCUT2D eigenvalue weighted by Crippen LogP contribution is -2.12. The summed E-state index contributed by atoms with van der Waals surface area (Å²) in [5.74, 6) is -0.388. The number of amides is 1. The Bertz CT molecular complexity index is 526. The minimum absolute atomic E-state index is 0.388. The third-order valence-corrected chi connectivity index (χ3v) is 2.68. The summed E-state index contributed by atoms with van der Waals surface area (Å²) in [6, 6.07) is 9.79. The van der Waals surface area contributed by atoms with E-state index in [9.17, 15) is 4.79 Å². The minimum Gasteiger partial charge on any atom is -0.366 e. The van der Waals surface area contributed by atoms with Gasteiger partial charge in [0.05, 0.1) is 5.56 Å². The number of H-pyrrole nitrogens is 1. The predicted molar refractivity (Wildman–Crippen MR) is 64.2 cm³/mol. The summed E-state index contributed by atoms with van der Waals surface area (Å²) in [6.07, 6.45) is 0. The van der Waals surface area contributed by atoms with Crippen LogP contribution in [0.15, 0.2) is 30.3 Å². The molecule has 0 aliphatic rings. The molecule has 0 saturated carbocycles. The first-order valence-electron chi connectivity index (χ1n) is 5.15. The van der Waals surface area contributed by atoms with Gasteiger partial charge < -0.3 is 10.7 Å². The first-order chi connectivity index (χ1) is 7.61. The van der Waals surface area contributed by atoms with Gasteiger partial charge in [-0.25, -0.2) is 0 Å². The Morgan fingerprint density at radius 3 is 2.31 bits per heavy atom. The van der Waals surface area contributed by atoms with Gasteiger partial charge in [-0.1, -0.05) is 30.3 Å². The zero-order valence-corrected chi connectivity index (χ0v) is 9.37. The van der Waals surface area contributed by atoms with Gasteiger partial charge in [0.2, 0.25) is 0 Å². The molecule has 1 aromatic carbocycles. The number of aromatic amines is 1. The summed E-state index contributed by atoms with van der Waals surface area (Å²) in [6.45, 7) is 3.81. The van der Waals surface area contributed by atoms with Crippen LogP contribution in [0.25, 0.3) is 11.1 Å². The van der Waals surface area contributed by atoms with E-state index in [-0.39, 0.29) is 5.91 Å². The first-order valence-corrected chi connectivity index (χ1v) is 5.15. The van der Waals surface area contributed by atoms with E-state index in [1.165, 1.54) is 0 Å². The van der Waals surface area contributed by atoms with Crippen molar-refractivity contribution in [3.8, 4) is 11.1 Å². The molecule has 0 fully saturated rings. The number of aromatic nitrogens is 1. The van der Waals surface area contributed by atoms with Gasteiger partial charge in [0.1, 0.15) is 0 Å². The molecule has 1 heterocycles. The van der Waals surface area contributed by atoms with Gasteiger partial charge in [0, 0.05) is 17.0 Å². The molecule has 0 bridgehead atoms. The lowest BCUT2D eigenvalue weighted by Gasteiger charge is -2.03. The van der Waals surface area contributed by atoms with Crippen LogP contribution in [-0.2, 0) is 0 Å². The lowest BCUT2D eigenvalue weighted by atomic mass is 10.0. The molecule has 3 N–H and O–H groups in total. The topological polar surface area (TPSA) is 58.9 Å². The Morgan fingerprint density at radius 1 is 1.12 bits per heavy atom. The Hall–Kier alpha value is -2.03. The van der Waals surface area contributed by atoms with Gasteiger partial charge >= 0.3 is 0 Å². The molecule has 1 aromatic heterocycles. The van der Waals surface area contributed by atoms with Crippen molar-refractivity contribution in [3.05, 3.63) is 47.3 Å². The molecule has 2 rings (SSSR count). The first kappa shape index (κ1) is 10.5. The fourth-order valence-corrected chi connectivity index (χ4v) is 2.05. The maximum Gasteiger partial charge on any atom is 0.251 e. The molecule has 2 aromatic rings. The van der Waals surface area contributed by atoms with Crippen molar-refractivity contribution in [2.75, 3.05) is 0 Å². The third kappa shape index (κ3) is 1.60. The van der Waals surface area contributed by atoms with Crippen molar-refractivity contribution in [1.82, 2.24) is 4.98 Å². The van der Waals surface area contributed by atoms with Crippen molar-refractivity contribution in [2.45, 2.75) is 13.8 Å². The van der Waals surface area contributed by atoms with E-state index in [0.29, 0.717) is 5.56 Å². The van der Waals surface area contributed by atoms with Crippen LogP contribution in [0.1, 0.15) is 21.7 Å². The summed E-state index contributed by atoms with van der Waals surface area (Å²) in [4.78, 5) is 14.6. The van der Waals surface area contributed by atoms with E-state index in [1.54, 1.807) is 0 Å². The van der Waals surface area contributed by atoms with Crippen molar-refractivity contribution >= 4 is 5.91 Å². The fourth-order valence-electron chi connectivity index (χ4n) is 2.05. The van der Waals surface area contributed by atoms with Crippen LogP contribution >= 0.6 is 0 Å². The van der Waals surface area contributed by atoms with E-state index < -0.39 is 0 Å². The second-order valence-electron chi connectivity index (χ2n) is 3.86. The average Bonchev–Trinajstić information content (AvgIpc) is 2.55. The number of aryl methyl sites for hydroxylation is 2. The number of rotatable bonds is 2. The van der Waals surface area contributed by atoms with Crippen molar-refractivity contribution in [3.63, 3.8) is 0 Å². The van der Waals surface area contributed by atoms with E-state index in [2.05, 4.69) is 4.98 Å². The molecule has 0 saturated heterocycles. The van der Waals surface area contributed by atoms with Gasteiger partial charge in [-0.2, -0.15) is 0 Å². The molecular formula is C13H14N2O. The molecule has 0 aliphatic carbocycles. The summed E-state index contributed by atoms with van der Waals surface area (Å²) >= 11 is 0. The number of nitrogens with two attached hydrogens (primary N) is 1. The molecule has 3 heteroatoms. The van der Waals surface area contributed by atoms with Crippen LogP contribution in [-0.4, -0.2) is 10.9 Å². The molecule has 82 valence electrons. The highest BCUT2D eigenvalue weighted by Crippen LogP contribution is 2.29. The second kappa shape index (κ2) is 3.85. The zero-order chi connectivity index (χ0) is 11.7. The van der Waals surface area contributed by atoms with Crippen molar-refractivity contribution < 1.29 is 4.79 Å². The van der Waals surface area contributed by atoms with Crippen molar-refractivity contribution in [1.29, 1.82) is 0 Å². The monoisotopic (exact) mass is 214 g/mol. The standard InChI is InChI=1S/C13H14N2O/c1-8-11(10-6-4-3-5-7-10)12(13(14)16)9(2)15-8/h3-7,15H,1-2H3,(H2,14,16). The minimum atomic E-state index is -0.388. The van der Waals surface area contributed by atoms with Crippen LogP contribution in [0.3, 0.4) is 0 Å². The maximum absolute atomic E-state index is 11.4.